The van der Waals surface area contributed by atoms with Gasteiger partial charge in [0.15, 0.2) is 0 Å². The first-order valence-electron chi connectivity index (χ1n) is 10.0. The van der Waals surface area contributed by atoms with Gasteiger partial charge in [0.25, 0.3) is 0 Å². The van der Waals surface area contributed by atoms with Crippen LogP contribution in [0.25, 0.3) is 0 Å². The molecule has 2 fully saturated rings. The van der Waals surface area contributed by atoms with Gasteiger partial charge in [0.2, 0.25) is 6.43 Å². The molecule has 0 radical (unpaired) electrons. The second kappa shape index (κ2) is 6.25. The molecule has 0 heterocycles. The Balaban J connectivity index is 1.61. The summed E-state index contributed by atoms with van der Waals surface area (Å²) in [6, 6.07) is 0. The molecule has 0 aliphatic heterocycles. The standard InChI is InChI=1S/C22H30F2O/c1-3-13-10-18-14(11-20(13)25)4-6-17-16(18)8-9-22(2)15(12-21(23)24)5-7-19(17)22/h4,10-11,15-19,21,25H,3,5-9,12H2,1-2H3/t15-,16+,17-,18+,19+,22-/m1/s1. The van der Waals surface area contributed by atoms with E-state index in [1.165, 1.54) is 5.57 Å². The minimum absolute atomic E-state index is 0.0887. The summed E-state index contributed by atoms with van der Waals surface area (Å²) in [5, 5.41) is 10.2. The number of hydrogen-bond donors (Lipinski definition) is 1. The van der Waals surface area contributed by atoms with Crippen LogP contribution in [0.1, 0.15) is 58.8 Å². The molecule has 1 N–H and O–H groups in total. The molecule has 0 aromatic carbocycles. The molecule has 0 amide bonds. The van der Waals surface area contributed by atoms with Gasteiger partial charge < -0.3 is 5.11 Å². The predicted octanol–water partition coefficient (Wildman–Crippen LogP) is 6.44. The van der Waals surface area contributed by atoms with Crippen molar-refractivity contribution >= 4 is 0 Å². The fourth-order valence-electron chi connectivity index (χ4n) is 6.69. The zero-order valence-corrected chi connectivity index (χ0v) is 15.3. The molecule has 25 heavy (non-hydrogen) atoms. The molecule has 4 rings (SSSR count). The number of allylic oxidation sites excluding steroid dienone is 5. The fraction of sp³-hybridized carbons (Fsp3) is 0.727. The van der Waals surface area contributed by atoms with E-state index in [-0.39, 0.29) is 17.8 Å². The number of aliphatic hydroxyl groups excluding tert-OH is 1. The lowest BCUT2D eigenvalue weighted by atomic mass is 9.52. The molecule has 4 aliphatic carbocycles. The van der Waals surface area contributed by atoms with E-state index in [0.29, 0.717) is 29.4 Å². The Bertz CT molecular complexity index is 632. The molecule has 1 nitrogen and oxygen atoms in total. The third kappa shape index (κ3) is 2.69. The number of rotatable bonds is 3. The van der Waals surface area contributed by atoms with E-state index in [9.17, 15) is 13.9 Å². The van der Waals surface area contributed by atoms with E-state index in [1.54, 1.807) is 0 Å². The Hall–Kier alpha value is -1.12. The van der Waals surface area contributed by atoms with Crippen LogP contribution in [0.3, 0.4) is 0 Å². The maximum Gasteiger partial charge on any atom is 0.238 e. The molecule has 0 aromatic rings. The maximum atomic E-state index is 13.0. The van der Waals surface area contributed by atoms with Gasteiger partial charge in [-0.15, -0.1) is 0 Å². The van der Waals surface area contributed by atoms with Crippen molar-refractivity contribution in [3.8, 4) is 0 Å². The molecule has 6 atom stereocenters. The second-order valence-electron chi connectivity index (χ2n) is 8.92. The van der Waals surface area contributed by atoms with Crippen LogP contribution < -0.4 is 0 Å². The minimum atomic E-state index is -2.17. The van der Waals surface area contributed by atoms with E-state index < -0.39 is 6.43 Å². The van der Waals surface area contributed by atoms with Gasteiger partial charge in [-0.05, 0) is 84.8 Å². The van der Waals surface area contributed by atoms with Gasteiger partial charge in [-0.3, -0.25) is 0 Å². The number of fused-ring (bicyclic) bond motifs is 5. The fourth-order valence-corrected chi connectivity index (χ4v) is 6.69. The van der Waals surface area contributed by atoms with Gasteiger partial charge >= 0.3 is 0 Å². The van der Waals surface area contributed by atoms with Crippen molar-refractivity contribution < 1.29 is 13.9 Å². The highest BCUT2D eigenvalue weighted by molar-refractivity contribution is 5.43. The molecule has 3 heteroatoms. The van der Waals surface area contributed by atoms with E-state index in [1.807, 2.05) is 6.08 Å². The first kappa shape index (κ1) is 17.3. The molecular formula is C22H30F2O. The first-order valence-corrected chi connectivity index (χ1v) is 10.0. The van der Waals surface area contributed by atoms with Crippen molar-refractivity contribution in [3.05, 3.63) is 35.1 Å². The zero-order chi connectivity index (χ0) is 17.8. The van der Waals surface area contributed by atoms with Crippen LogP contribution in [0, 0.1) is 35.0 Å². The summed E-state index contributed by atoms with van der Waals surface area (Å²) in [6.07, 6.45) is 10.8. The SMILES string of the molecule is CCC1=C[C@H]2C(=CC[C@@H]3[C@@H]2CC[C@]2(C)[C@@H](CC(F)F)CC[C@@H]32)C=C1O. The highest BCUT2D eigenvalue weighted by Gasteiger charge is 2.55. The third-order valence-corrected chi connectivity index (χ3v) is 8.02. The van der Waals surface area contributed by atoms with Gasteiger partial charge in [0.05, 0.1) is 0 Å². The summed E-state index contributed by atoms with van der Waals surface area (Å²) >= 11 is 0. The number of hydrogen-bond acceptors (Lipinski definition) is 1. The topological polar surface area (TPSA) is 20.2 Å². The van der Waals surface area contributed by atoms with Gasteiger partial charge in [0.1, 0.15) is 5.76 Å². The molecule has 0 aromatic heterocycles. The highest BCUT2D eigenvalue weighted by atomic mass is 19.3. The Labute approximate surface area is 149 Å². The van der Waals surface area contributed by atoms with Crippen LogP contribution in [0.15, 0.2) is 35.1 Å². The molecule has 0 spiro atoms. The second-order valence-corrected chi connectivity index (χ2v) is 8.92. The average Bonchev–Trinajstić information content (AvgIpc) is 2.90. The van der Waals surface area contributed by atoms with Crippen molar-refractivity contribution in [2.45, 2.75) is 65.2 Å². The van der Waals surface area contributed by atoms with E-state index in [2.05, 4.69) is 26.0 Å². The molecule has 0 bridgehead atoms. The predicted molar refractivity (Wildman–Crippen MR) is 96.4 cm³/mol. The smallest absolute Gasteiger partial charge is 0.238 e. The van der Waals surface area contributed by atoms with Gasteiger partial charge in [0, 0.05) is 12.3 Å². The summed E-state index contributed by atoms with van der Waals surface area (Å²) in [6.45, 7) is 4.39. The maximum absolute atomic E-state index is 13.0. The van der Waals surface area contributed by atoms with Crippen LogP contribution in [-0.4, -0.2) is 11.5 Å². The van der Waals surface area contributed by atoms with E-state index >= 15 is 0 Å². The lowest BCUT2D eigenvalue weighted by Crippen LogP contribution is -2.45. The molecular weight excluding hydrogens is 318 g/mol. The number of alkyl halides is 2. The van der Waals surface area contributed by atoms with Crippen LogP contribution in [0.4, 0.5) is 8.78 Å². The Morgan fingerprint density at radius 3 is 2.76 bits per heavy atom. The molecule has 4 aliphatic rings. The summed E-state index contributed by atoms with van der Waals surface area (Å²) in [7, 11) is 0. The lowest BCUT2D eigenvalue weighted by molar-refractivity contribution is -0.0177. The zero-order valence-electron chi connectivity index (χ0n) is 15.3. The molecule has 0 saturated heterocycles. The van der Waals surface area contributed by atoms with Crippen molar-refractivity contribution in [2.75, 3.05) is 0 Å². The van der Waals surface area contributed by atoms with Crippen molar-refractivity contribution in [1.29, 1.82) is 0 Å². The Morgan fingerprint density at radius 1 is 1.24 bits per heavy atom. The van der Waals surface area contributed by atoms with Crippen LogP contribution in [0.2, 0.25) is 0 Å². The van der Waals surface area contributed by atoms with Gasteiger partial charge in [-0.2, -0.15) is 0 Å². The van der Waals surface area contributed by atoms with E-state index in [0.717, 1.165) is 44.1 Å². The van der Waals surface area contributed by atoms with Crippen LogP contribution in [0.5, 0.6) is 0 Å². The summed E-state index contributed by atoms with van der Waals surface area (Å²) in [5.74, 6) is 2.88. The minimum Gasteiger partial charge on any atom is -0.508 e. The van der Waals surface area contributed by atoms with Crippen molar-refractivity contribution in [1.82, 2.24) is 0 Å². The van der Waals surface area contributed by atoms with Crippen molar-refractivity contribution in [3.63, 3.8) is 0 Å². The first-order chi connectivity index (χ1) is 11.9. The summed E-state index contributed by atoms with van der Waals surface area (Å²) in [4.78, 5) is 0. The third-order valence-electron chi connectivity index (χ3n) is 8.02. The normalized spacial score (nSPS) is 42.9. The quantitative estimate of drug-likeness (QED) is 0.622. The monoisotopic (exact) mass is 348 g/mol. The summed E-state index contributed by atoms with van der Waals surface area (Å²) in [5.41, 5.74) is 2.45. The van der Waals surface area contributed by atoms with Crippen molar-refractivity contribution in [2.24, 2.45) is 35.0 Å². The highest BCUT2D eigenvalue weighted by Crippen LogP contribution is 2.63. The van der Waals surface area contributed by atoms with Gasteiger partial charge in [-0.25, -0.2) is 8.78 Å². The Morgan fingerprint density at radius 2 is 2.04 bits per heavy atom. The van der Waals surface area contributed by atoms with Gasteiger partial charge in [-0.1, -0.05) is 26.0 Å². The van der Waals surface area contributed by atoms with Crippen LogP contribution in [-0.2, 0) is 0 Å². The molecule has 0 unspecified atom stereocenters. The molecule has 138 valence electrons. The molecule has 2 saturated carbocycles. The average molecular weight is 348 g/mol. The lowest BCUT2D eigenvalue weighted by Gasteiger charge is -2.52. The number of halogens is 2. The van der Waals surface area contributed by atoms with E-state index in [4.69, 9.17) is 0 Å². The van der Waals surface area contributed by atoms with Crippen LogP contribution >= 0.6 is 0 Å². The Kier molecular flexibility index (Phi) is 4.32. The summed E-state index contributed by atoms with van der Waals surface area (Å²) < 4.78 is 26.1. The largest absolute Gasteiger partial charge is 0.508 e. The number of aliphatic hydroxyl groups is 1.